The Morgan fingerprint density at radius 2 is 2.04 bits per heavy atom. The highest BCUT2D eigenvalue weighted by Crippen LogP contribution is 2.39. The number of hydrogen-bond acceptors (Lipinski definition) is 5. The van der Waals surface area contributed by atoms with Crippen LogP contribution in [0, 0.1) is 5.82 Å². The lowest BCUT2D eigenvalue weighted by molar-refractivity contribution is 0.0138. The van der Waals surface area contributed by atoms with Crippen LogP contribution in [0.25, 0.3) is 0 Å². The summed E-state index contributed by atoms with van der Waals surface area (Å²) in [6.07, 6.45) is 7.20. The van der Waals surface area contributed by atoms with E-state index in [9.17, 15) is 13.2 Å². The van der Waals surface area contributed by atoms with Gasteiger partial charge in [-0.3, -0.25) is 0 Å². The maximum Gasteiger partial charge on any atom is 0.316 e. The van der Waals surface area contributed by atoms with E-state index in [1.54, 1.807) is 12.4 Å². The van der Waals surface area contributed by atoms with E-state index in [4.69, 9.17) is 10.5 Å². The predicted octanol–water partition coefficient (Wildman–Crippen LogP) is 3.90. The lowest BCUT2D eigenvalue weighted by atomic mass is 10.1. The van der Waals surface area contributed by atoms with Gasteiger partial charge >= 0.3 is 6.01 Å². The zero-order valence-corrected chi connectivity index (χ0v) is 14.2. The molecule has 138 valence electrons. The monoisotopic (exact) mass is 364 g/mol. The molecule has 1 aliphatic rings. The quantitative estimate of drug-likeness (QED) is 0.780. The van der Waals surface area contributed by atoms with Crippen molar-refractivity contribution in [1.29, 1.82) is 0 Å². The van der Waals surface area contributed by atoms with Crippen molar-refractivity contribution in [2.75, 3.05) is 11.9 Å². The van der Waals surface area contributed by atoms with Gasteiger partial charge in [-0.15, -0.1) is 0 Å². The SMILES string of the molecule is CC(F)(F)c1cc(N/C=C(\N)COc2ncc(C3CC3)cn2)ccc1F. The molecule has 1 aliphatic carbocycles. The summed E-state index contributed by atoms with van der Waals surface area (Å²) in [5.74, 6) is -3.67. The number of halogens is 3. The van der Waals surface area contributed by atoms with E-state index in [-0.39, 0.29) is 18.3 Å². The van der Waals surface area contributed by atoms with Gasteiger partial charge in [0.05, 0.1) is 11.3 Å². The van der Waals surface area contributed by atoms with E-state index in [2.05, 4.69) is 15.3 Å². The molecule has 0 aliphatic heterocycles. The molecule has 1 aromatic carbocycles. The molecule has 0 saturated heterocycles. The van der Waals surface area contributed by atoms with Gasteiger partial charge in [0.1, 0.15) is 12.4 Å². The summed E-state index contributed by atoms with van der Waals surface area (Å²) in [6.45, 7) is 0.662. The second kappa shape index (κ2) is 7.23. The van der Waals surface area contributed by atoms with Gasteiger partial charge in [0.15, 0.2) is 0 Å². The first kappa shape index (κ1) is 18.0. The molecule has 0 radical (unpaired) electrons. The first-order valence-corrected chi connectivity index (χ1v) is 8.16. The number of anilines is 1. The van der Waals surface area contributed by atoms with Crippen LogP contribution in [-0.2, 0) is 5.92 Å². The summed E-state index contributed by atoms with van der Waals surface area (Å²) in [5.41, 5.74) is 6.81. The minimum Gasteiger partial charge on any atom is -0.457 e. The number of nitrogens with zero attached hydrogens (tertiary/aromatic N) is 2. The van der Waals surface area contributed by atoms with Crippen molar-refractivity contribution in [1.82, 2.24) is 9.97 Å². The average Bonchev–Trinajstić information content (AvgIpc) is 3.44. The van der Waals surface area contributed by atoms with Crippen LogP contribution in [0.15, 0.2) is 42.5 Å². The highest BCUT2D eigenvalue weighted by molar-refractivity contribution is 5.49. The van der Waals surface area contributed by atoms with Crippen LogP contribution >= 0.6 is 0 Å². The Morgan fingerprint density at radius 3 is 2.65 bits per heavy atom. The summed E-state index contributed by atoms with van der Waals surface area (Å²) in [7, 11) is 0. The van der Waals surface area contributed by atoms with Gasteiger partial charge in [0, 0.05) is 31.2 Å². The van der Waals surface area contributed by atoms with Crippen LogP contribution in [0.1, 0.15) is 36.8 Å². The second-order valence-electron chi connectivity index (χ2n) is 6.31. The summed E-state index contributed by atoms with van der Waals surface area (Å²) >= 11 is 0. The van der Waals surface area contributed by atoms with Crippen LogP contribution in [0.5, 0.6) is 6.01 Å². The Labute approximate surface area is 149 Å². The predicted molar refractivity (Wildman–Crippen MR) is 91.4 cm³/mol. The van der Waals surface area contributed by atoms with Gasteiger partial charge in [-0.1, -0.05) is 0 Å². The van der Waals surface area contributed by atoms with Gasteiger partial charge in [0.25, 0.3) is 5.92 Å². The molecule has 0 spiro atoms. The van der Waals surface area contributed by atoms with Crippen molar-refractivity contribution in [3.63, 3.8) is 0 Å². The fourth-order valence-electron chi connectivity index (χ4n) is 2.35. The van der Waals surface area contributed by atoms with Gasteiger partial charge in [-0.05, 0) is 42.5 Å². The van der Waals surface area contributed by atoms with Crippen LogP contribution in [0.3, 0.4) is 0 Å². The molecule has 1 fully saturated rings. The number of rotatable bonds is 7. The fraction of sp³-hybridized carbons (Fsp3) is 0.333. The molecule has 26 heavy (non-hydrogen) atoms. The molecule has 8 heteroatoms. The van der Waals surface area contributed by atoms with Gasteiger partial charge in [-0.25, -0.2) is 23.1 Å². The molecule has 0 atom stereocenters. The molecule has 0 bridgehead atoms. The molecule has 1 aromatic heterocycles. The second-order valence-corrected chi connectivity index (χ2v) is 6.31. The molecule has 0 unspecified atom stereocenters. The first-order chi connectivity index (χ1) is 12.3. The third-order valence-corrected chi connectivity index (χ3v) is 3.93. The lowest BCUT2D eigenvalue weighted by Crippen LogP contribution is -2.13. The van der Waals surface area contributed by atoms with Crippen molar-refractivity contribution in [2.24, 2.45) is 5.73 Å². The number of hydrogen-bond donors (Lipinski definition) is 2. The van der Waals surface area contributed by atoms with Gasteiger partial charge in [-0.2, -0.15) is 0 Å². The summed E-state index contributed by atoms with van der Waals surface area (Å²) < 4.78 is 45.5. The first-order valence-electron chi connectivity index (χ1n) is 8.16. The van der Waals surface area contributed by atoms with Crippen LogP contribution < -0.4 is 15.8 Å². The molecular weight excluding hydrogens is 345 g/mol. The van der Waals surface area contributed by atoms with Crippen molar-refractivity contribution < 1.29 is 17.9 Å². The van der Waals surface area contributed by atoms with E-state index in [0.717, 1.165) is 17.7 Å². The van der Waals surface area contributed by atoms with E-state index >= 15 is 0 Å². The summed E-state index contributed by atoms with van der Waals surface area (Å²) in [4.78, 5) is 8.23. The highest BCUT2D eigenvalue weighted by Gasteiger charge is 2.28. The van der Waals surface area contributed by atoms with Crippen molar-refractivity contribution >= 4 is 5.69 Å². The Balaban J connectivity index is 1.56. The maximum absolute atomic E-state index is 13.5. The minimum atomic E-state index is -3.27. The third-order valence-electron chi connectivity index (χ3n) is 3.93. The number of alkyl halides is 2. The molecular formula is C18H19F3N4O. The molecule has 2 aromatic rings. The van der Waals surface area contributed by atoms with E-state index in [1.165, 1.54) is 25.1 Å². The normalized spacial score (nSPS) is 15.0. The summed E-state index contributed by atoms with van der Waals surface area (Å²) in [6, 6.07) is 3.57. The molecule has 3 N–H and O–H groups in total. The molecule has 1 heterocycles. The topological polar surface area (TPSA) is 73.1 Å². The standard InChI is InChI=1S/C18H19F3N4O/c1-18(20,21)15-6-14(4-5-16(15)19)23-9-13(22)10-26-17-24-7-12(8-25-17)11-2-3-11/h4-9,11,23H,2-3,10,22H2,1H3/b13-9-. The average molecular weight is 364 g/mol. The molecule has 0 amide bonds. The van der Waals surface area contributed by atoms with Gasteiger partial charge in [0.2, 0.25) is 0 Å². The van der Waals surface area contributed by atoms with Crippen molar-refractivity contribution in [3.05, 3.63) is 59.4 Å². The highest BCUT2D eigenvalue weighted by atomic mass is 19.3. The van der Waals surface area contributed by atoms with E-state index < -0.39 is 17.3 Å². The fourth-order valence-corrected chi connectivity index (χ4v) is 2.35. The zero-order valence-electron chi connectivity index (χ0n) is 14.2. The number of nitrogens with one attached hydrogen (secondary N) is 1. The van der Waals surface area contributed by atoms with Crippen LogP contribution in [0.2, 0.25) is 0 Å². The molecule has 3 rings (SSSR count). The lowest BCUT2D eigenvalue weighted by Gasteiger charge is -2.13. The van der Waals surface area contributed by atoms with E-state index in [0.29, 0.717) is 18.5 Å². The number of nitrogens with two attached hydrogens (primary N) is 1. The molecule has 5 nitrogen and oxygen atoms in total. The Kier molecular flexibility index (Phi) is 5.01. The Bertz CT molecular complexity index is 799. The Hall–Kier alpha value is -2.77. The van der Waals surface area contributed by atoms with Crippen LogP contribution in [-0.4, -0.2) is 16.6 Å². The largest absolute Gasteiger partial charge is 0.457 e. The molecule has 1 saturated carbocycles. The summed E-state index contributed by atoms with van der Waals surface area (Å²) in [5, 5.41) is 2.74. The van der Waals surface area contributed by atoms with Gasteiger partial charge < -0.3 is 15.8 Å². The smallest absolute Gasteiger partial charge is 0.316 e. The number of benzene rings is 1. The minimum absolute atomic E-state index is 0.0216. The van der Waals surface area contributed by atoms with Crippen LogP contribution in [0.4, 0.5) is 18.9 Å². The third kappa shape index (κ3) is 4.65. The number of aromatic nitrogens is 2. The van der Waals surface area contributed by atoms with E-state index in [1.807, 2.05) is 0 Å². The Morgan fingerprint density at radius 1 is 1.35 bits per heavy atom. The van der Waals surface area contributed by atoms with Crippen molar-refractivity contribution in [2.45, 2.75) is 31.6 Å². The number of ether oxygens (including phenoxy) is 1. The zero-order chi connectivity index (χ0) is 18.7. The maximum atomic E-state index is 13.5. The van der Waals surface area contributed by atoms with Crippen molar-refractivity contribution in [3.8, 4) is 6.01 Å².